The Bertz CT molecular complexity index is 765. The molecule has 1 aromatic heterocycles. The van der Waals surface area contributed by atoms with Crippen molar-refractivity contribution in [2.24, 2.45) is 0 Å². The van der Waals surface area contributed by atoms with Crippen molar-refractivity contribution in [3.05, 3.63) is 41.5 Å². The lowest BCUT2D eigenvalue weighted by Crippen LogP contribution is -2.41. The largest absolute Gasteiger partial charge is 0.484 e. The minimum atomic E-state index is -0.0812. The molecule has 1 fully saturated rings. The van der Waals surface area contributed by atoms with Crippen LogP contribution in [0.15, 0.2) is 28.8 Å². The van der Waals surface area contributed by atoms with Gasteiger partial charge in [-0.1, -0.05) is 11.2 Å². The van der Waals surface area contributed by atoms with Gasteiger partial charge in [0, 0.05) is 25.9 Å². The number of piperidine rings is 1. The second-order valence-electron chi connectivity index (χ2n) is 5.78. The van der Waals surface area contributed by atoms with E-state index in [1.165, 1.54) is 0 Å². The van der Waals surface area contributed by atoms with Crippen LogP contribution in [0.3, 0.4) is 0 Å². The van der Waals surface area contributed by atoms with Crippen molar-refractivity contribution in [2.45, 2.75) is 25.7 Å². The number of aryl methyl sites for hydroxylation is 1. The highest BCUT2D eigenvalue weighted by atomic mass is 16.5. The standard InChI is InChI=1S/C17H18N4O3/c1-12-19-17(20-24-12)14-5-3-7-21(10-14)16(22)11-23-15-6-2-4-13(8-15)9-18/h2,4,6,8,14H,3,5,7,10-11H2,1H3/t14-/m0/s1. The van der Waals surface area contributed by atoms with Gasteiger partial charge in [-0.25, -0.2) is 0 Å². The van der Waals surface area contributed by atoms with Crippen LogP contribution < -0.4 is 4.74 Å². The summed E-state index contributed by atoms with van der Waals surface area (Å²) in [6.07, 6.45) is 1.84. The van der Waals surface area contributed by atoms with E-state index in [0.29, 0.717) is 36.1 Å². The van der Waals surface area contributed by atoms with E-state index in [2.05, 4.69) is 10.1 Å². The van der Waals surface area contributed by atoms with Gasteiger partial charge >= 0.3 is 0 Å². The average Bonchev–Trinajstić information content (AvgIpc) is 3.06. The fourth-order valence-corrected chi connectivity index (χ4v) is 2.79. The molecule has 1 aliphatic heterocycles. The van der Waals surface area contributed by atoms with Crippen molar-refractivity contribution in [3.63, 3.8) is 0 Å². The number of hydrogen-bond donors (Lipinski definition) is 0. The molecule has 7 nitrogen and oxygen atoms in total. The van der Waals surface area contributed by atoms with Gasteiger partial charge in [0.25, 0.3) is 5.91 Å². The lowest BCUT2D eigenvalue weighted by Gasteiger charge is -2.31. The Hall–Kier alpha value is -2.88. The van der Waals surface area contributed by atoms with Crippen LogP contribution in [0.5, 0.6) is 5.75 Å². The predicted molar refractivity (Wildman–Crippen MR) is 84.2 cm³/mol. The molecular formula is C17H18N4O3. The zero-order valence-electron chi connectivity index (χ0n) is 13.4. The van der Waals surface area contributed by atoms with Gasteiger partial charge in [-0.05, 0) is 31.0 Å². The molecule has 2 aromatic rings. The molecule has 124 valence electrons. The number of likely N-dealkylation sites (tertiary alicyclic amines) is 1. The average molecular weight is 326 g/mol. The number of ether oxygens (including phenoxy) is 1. The monoisotopic (exact) mass is 326 g/mol. The number of carbonyl (C=O) groups excluding carboxylic acids is 1. The van der Waals surface area contributed by atoms with E-state index in [1.807, 2.05) is 6.07 Å². The summed E-state index contributed by atoms with van der Waals surface area (Å²) in [4.78, 5) is 18.4. The maximum atomic E-state index is 12.4. The Labute approximate surface area is 139 Å². The maximum absolute atomic E-state index is 12.4. The first kappa shape index (κ1) is 16.0. The van der Waals surface area contributed by atoms with Gasteiger partial charge in [0.15, 0.2) is 12.4 Å². The summed E-state index contributed by atoms with van der Waals surface area (Å²) in [5.74, 6) is 1.73. The topological polar surface area (TPSA) is 92.2 Å². The summed E-state index contributed by atoms with van der Waals surface area (Å²) < 4.78 is 10.5. The van der Waals surface area contributed by atoms with E-state index in [9.17, 15) is 4.79 Å². The zero-order chi connectivity index (χ0) is 16.9. The number of hydrogen-bond acceptors (Lipinski definition) is 6. The van der Waals surface area contributed by atoms with Gasteiger partial charge in [-0.2, -0.15) is 10.2 Å². The second-order valence-corrected chi connectivity index (χ2v) is 5.78. The third-order valence-electron chi connectivity index (χ3n) is 4.01. The minimum Gasteiger partial charge on any atom is -0.484 e. The van der Waals surface area contributed by atoms with E-state index >= 15 is 0 Å². The highest BCUT2D eigenvalue weighted by molar-refractivity contribution is 5.78. The van der Waals surface area contributed by atoms with Crippen molar-refractivity contribution in [1.82, 2.24) is 15.0 Å². The summed E-state index contributed by atoms with van der Waals surface area (Å²) in [5, 5.41) is 12.8. The molecular weight excluding hydrogens is 308 g/mol. The van der Waals surface area contributed by atoms with Crippen molar-refractivity contribution >= 4 is 5.91 Å². The molecule has 1 aromatic carbocycles. The molecule has 0 aliphatic carbocycles. The van der Waals surface area contributed by atoms with E-state index in [1.54, 1.807) is 36.1 Å². The molecule has 1 amide bonds. The Morgan fingerprint density at radius 1 is 1.54 bits per heavy atom. The number of rotatable bonds is 4. The fraction of sp³-hybridized carbons (Fsp3) is 0.412. The van der Waals surface area contributed by atoms with Crippen LogP contribution in [-0.4, -0.2) is 40.6 Å². The van der Waals surface area contributed by atoms with Crippen molar-refractivity contribution < 1.29 is 14.1 Å². The number of carbonyl (C=O) groups is 1. The maximum Gasteiger partial charge on any atom is 0.260 e. The molecule has 0 saturated carbocycles. The van der Waals surface area contributed by atoms with Gasteiger partial charge in [-0.3, -0.25) is 4.79 Å². The normalized spacial score (nSPS) is 17.3. The molecule has 0 spiro atoms. The quantitative estimate of drug-likeness (QED) is 0.853. The van der Waals surface area contributed by atoms with E-state index < -0.39 is 0 Å². The van der Waals surface area contributed by atoms with Crippen LogP contribution in [0, 0.1) is 18.3 Å². The third-order valence-corrected chi connectivity index (χ3v) is 4.01. The molecule has 0 unspecified atom stereocenters. The third kappa shape index (κ3) is 3.71. The number of aromatic nitrogens is 2. The van der Waals surface area contributed by atoms with Crippen molar-refractivity contribution in [3.8, 4) is 11.8 Å². The summed E-state index contributed by atoms with van der Waals surface area (Å²) in [6, 6.07) is 8.82. The van der Waals surface area contributed by atoms with Crippen LogP contribution in [-0.2, 0) is 4.79 Å². The van der Waals surface area contributed by atoms with Gasteiger partial charge in [0.2, 0.25) is 5.89 Å². The smallest absolute Gasteiger partial charge is 0.260 e. The van der Waals surface area contributed by atoms with Gasteiger partial charge < -0.3 is 14.2 Å². The van der Waals surface area contributed by atoms with Crippen molar-refractivity contribution in [2.75, 3.05) is 19.7 Å². The van der Waals surface area contributed by atoms with Crippen LogP contribution in [0.4, 0.5) is 0 Å². The van der Waals surface area contributed by atoms with E-state index in [0.717, 1.165) is 12.8 Å². The summed E-state index contributed by atoms with van der Waals surface area (Å²) in [7, 11) is 0. The molecule has 1 aliphatic rings. The Kier molecular flexibility index (Phi) is 4.75. The van der Waals surface area contributed by atoms with Crippen LogP contribution in [0.2, 0.25) is 0 Å². The second kappa shape index (κ2) is 7.13. The molecule has 0 radical (unpaired) electrons. The van der Waals surface area contributed by atoms with Gasteiger partial charge in [0.05, 0.1) is 11.6 Å². The molecule has 0 N–H and O–H groups in total. The predicted octanol–water partition coefficient (Wildman–Crippen LogP) is 2.03. The molecule has 24 heavy (non-hydrogen) atoms. The van der Waals surface area contributed by atoms with Crippen LogP contribution >= 0.6 is 0 Å². The Morgan fingerprint density at radius 2 is 2.42 bits per heavy atom. The minimum absolute atomic E-state index is 0.0487. The van der Waals surface area contributed by atoms with Gasteiger partial charge in [-0.15, -0.1) is 0 Å². The Morgan fingerprint density at radius 3 is 3.17 bits per heavy atom. The SMILES string of the molecule is Cc1nc([C@H]2CCCN(C(=O)COc3cccc(C#N)c3)C2)no1. The number of nitrogens with zero attached hydrogens (tertiary/aromatic N) is 4. The molecule has 1 saturated heterocycles. The summed E-state index contributed by atoms with van der Waals surface area (Å²) >= 11 is 0. The number of nitriles is 1. The number of amides is 1. The van der Waals surface area contributed by atoms with E-state index in [4.69, 9.17) is 14.5 Å². The lowest BCUT2D eigenvalue weighted by atomic mass is 9.97. The first-order valence-corrected chi connectivity index (χ1v) is 7.86. The first-order valence-electron chi connectivity index (χ1n) is 7.86. The summed E-state index contributed by atoms with van der Waals surface area (Å²) in [6.45, 7) is 2.98. The zero-order valence-corrected chi connectivity index (χ0v) is 13.4. The van der Waals surface area contributed by atoms with E-state index in [-0.39, 0.29) is 18.4 Å². The molecule has 7 heteroatoms. The lowest BCUT2D eigenvalue weighted by molar-refractivity contribution is -0.134. The van der Waals surface area contributed by atoms with Crippen LogP contribution in [0.1, 0.15) is 36.0 Å². The van der Waals surface area contributed by atoms with Gasteiger partial charge in [0.1, 0.15) is 5.75 Å². The molecule has 0 bridgehead atoms. The Balaban J connectivity index is 1.57. The first-order chi connectivity index (χ1) is 11.7. The molecule has 3 rings (SSSR count). The number of benzene rings is 1. The fourth-order valence-electron chi connectivity index (χ4n) is 2.79. The molecule has 2 heterocycles. The molecule has 1 atom stereocenters. The highest BCUT2D eigenvalue weighted by Crippen LogP contribution is 2.25. The van der Waals surface area contributed by atoms with Crippen molar-refractivity contribution in [1.29, 1.82) is 5.26 Å². The highest BCUT2D eigenvalue weighted by Gasteiger charge is 2.27. The summed E-state index contributed by atoms with van der Waals surface area (Å²) in [5.41, 5.74) is 0.505. The van der Waals surface area contributed by atoms with Crippen LogP contribution in [0.25, 0.3) is 0 Å².